The molecule has 1 rings (SSSR count). The molecular formula is C12H17NO3S. The third kappa shape index (κ3) is 3.94. The van der Waals surface area contributed by atoms with Gasteiger partial charge in [0.2, 0.25) is 0 Å². The second-order valence-corrected chi connectivity index (χ2v) is 6.11. The predicted molar refractivity (Wildman–Crippen MR) is 66.8 cm³/mol. The summed E-state index contributed by atoms with van der Waals surface area (Å²) in [6, 6.07) is 5.81. The van der Waals surface area contributed by atoms with Gasteiger partial charge >= 0.3 is 0 Å². The molecule has 0 radical (unpaired) electrons. The van der Waals surface area contributed by atoms with Gasteiger partial charge in [0.1, 0.15) is 0 Å². The van der Waals surface area contributed by atoms with Crippen LogP contribution in [0.3, 0.4) is 0 Å². The van der Waals surface area contributed by atoms with E-state index >= 15 is 0 Å². The van der Waals surface area contributed by atoms with Gasteiger partial charge in [0.25, 0.3) is 0 Å². The summed E-state index contributed by atoms with van der Waals surface area (Å²) >= 11 is 0. The number of hydrogen-bond acceptors (Lipinski definition) is 4. The summed E-state index contributed by atoms with van der Waals surface area (Å²) in [6.07, 6.45) is 2.17. The highest BCUT2D eigenvalue weighted by molar-refractivity contribution is 7.90. The van der Waals surface area contributed by atoms with Crippen LogP contribution in [0.4, 0.5) is 0 Å². The summed E-state index contributed by atoms with van der Waals surface area (Å²) in [5.41, 5.74) is 6.19. The van der Waals surface area contributed by atoms with Crippen LogP contribution in [0.2, 0.25) is 0 Å². The molecule has 0 saturated heterocycles. The Hall–Kier alpha value is -1.20. The van der Waals surface area contributed by atoms with E-state index in [0.717, 1.165) is 12.7 Å². The number of sulfone groups is 1. The Morgan fingerprint density at radius 1 is 1.29 bits per heavy atom. The smallest absolute Gasteiger partial charge is 0.175 e. The van der Waals surface area contributed by atoms with E-state index in [2.05, 4.69) is 0 Å². The number of carbonyl (C=O) groups excluding carboxylic acids is 1. The fourth-order valence-corrected chi connectivity index (χ4v) is 2.02. The van der Waals surface area contributed by atoms with Crippen molar-refractivity contribution in [2.45, 2.75) is 30.7 Å². The molecule has 0 fully saturated rings. The first-order valence-electron chi connectivity index (χ1n) is 5.43. The zero-order valence-electron chi connectivity index (χ0n) is 10.0. The van der Waals surface area contributed by atoms with Crippen molar-refractivity contribution in [2.24, 2.45) is 5.73 Å². The average molecular weight is 255 g/mol. The molecule has 2 N–H and O–H groups in total. The molecule has 1 aromatic carbocycles. The van der Waals surface area contributed by atoms with E-state index in [-0.39, 0.29) is 23.1 Å². The second-order valence-electron chi connectivity index (χ2n) is 4.09. The number of Topliss-reactive ketones (excluding diaryl/α,β-unsaturated/α-hetero) is 1. The number of nitrogens with two attached hydrogens (primary N) is 1. The number of benzene rings is 1. The fraction of sp³-hybridized carbons (Fsp3) is 0.417. The van der Waals surface area contributed by atoms with Crippen molar-refractivity contribution in [2.75, 3.05) is 6.26 Å². The number of ketones is 1. The molecule has 17 heavy (non-hydrogen) atoms. The minimum atomic E-state index is -3.21. The molecule has 94 valence electrons. The van der Waals surface area contributed by atoms with Crippen molar-refractivity contribution in [3.63, 3.8) is 0 Å². The highest BCUT2D eigenvalue weighted by atomic mass is 32.2. The van der Waals surface area contributed by atoms with Gasteiger partial charge in [-0.2, -0.15) is 0 Å². The number of rotatable bonds is 5. The lowest BCUT2D eigenvalue weighted by Gasteiger charge is -2.07. The second kappa shape index (κ2) is 5.42. The van der Waals surface area contributed by atoms with Crippen LogP contribution < -0.4 is 5.73 Å². The maximum absolute atomic E-state index is 11.7. The Labute approximate surface area is 102 Å². The predicted octanol–water partition coefficient (Wildman–Crippen LogP) is 1.40. The summed E-state index contributed by atoms with van der Waals surface area (Å²) in [4.78, 5) is 12.0. The van der Waals surface area contributed by atoms with Gasteiger partial charge < -0.3 is 5.73 Å². The maximum Gasteiger partial charge on any atom is 0.175 e. The highest BCUT2D eigenvalue weighted by Gasteiger charge is 2.12. The van der Waals surface area contributed by atoms with Crippen LogP contribution in [0, 0.1) is 0 Å². The third-order valence-electron chi connectivity index (χ3n) is 2.58. The van der Waals surface area contributed by atoms with Crippen LogP contribution in [-0.2, 0) is 9.84 Å². The SMILES string of the molecule is CCC(N)CC(=O)c1ccc(S(C)(=O)=O)cc1. The Balaban J connectivity index is 2.85. The zero-order valence-corrected chi connectivity index (χ0v) is 10.8. The molecule has 0 bridgehead atoms. The summed E-state index contributed by atoms with van der Waals surface area (Å²) in [6.45, 7) is 1.92. The molecular weight excluding hydrogens is 238 g/mol. The van der Waals surface area contributed by atoms with Crippen molar-refractivity contribution in [1.82, 2.24) is 0 Å². The van der Waals surface area contributed by atoms with Crippen molar-refractivity contribution < 1.29 is 13.2 Å². The molecule has 0 aliphatic carbocycles. The van der Waals surface area contributed by atoms with E-state index in [4.69, 9.17) is 5.73 Å². The molecule has 0 aromatic heterocycles. The van der Waals surface area contributed by atoms with E-state index in [0.29, 0.717) is 5.56 Å². The summed E-state index contributed by atoms with van der Waals surface area (Å²) in [7, 11) is -3.21. The van der Waals surface area contributed by atoms with E-state index in [1.165, 1.54) is 24.3 Å². The first kappa shape index (κ1) is 13.9. The van der Waals surface area contributed by atoms with E-state index < -0.39 is 9.84 Å². The first-order chi connectivity index (χ1) is 7.84. The van der Waals surface area contributed by atoms with Gasteiger partial charge in [0.15, 0.2) is 15.6 Å². The fourth-order valence-electron chi connectivity index (χ4n) is 1.39. The standard InChI is InChI=1S/C12H17NO3S/c1-3-10(13)8-12(14)9-4-6-11(7-5-9)17(2,15)16/h4-7,10H,3,8,13H2,1-2H3. The summed E-state index contributed by atoms with van der Waals surface area (Å²) in [5, 5.41) is 0. The van der Waals surface area contributed by atoms with E-state index in [1.807, 2.05) is 6.92 Å². The maximum atomic E-state index is 11.7. The highest BCUT2D eigenvalue weighted by Crippen LogP contribution is 2.12. The largest absolute Gasteiger partial charge is 0.327 e. The van der Waals surface area contributed by atoms with Crippen LogP contribution in [0.25, 0.3) is 0 Å². The normalized spacial score (nSPS) is 13.4. The Morgan fingerprint density at radius 2 is 1.82 bits per heavy atom. The molecule has 1 unspecified atom stereocenters. The van der Waals surface area contributed by atoms with Crippen LogP contribution >= 0.6 is 0 Å². The van der Waals surface area contributed by atoms with Gasteiger partial charge in [-0.1, -0.05) is 19.1 Å². The Bertz CT molecular complexity index is 491. The lowest BCUT2D eigenvalue weighted by molar-refractivity contribution is 0.0974. The number of carbonyl (C=O) groups is 1. The summed E-state index contributed by atoms with van der Waals surface area (Å²) in [5.74, 6) is -0.0561. The van der Waals surface area contributed by atoms with Crippen molar-refractivity contribution >= 4 is 15.6 Å². The Kier molecular flexibility index (Phi) is 4.42. The molecule has 5 heteroatoms. The van der Waals surface area contributed by atoms with Gasteiger partial charge in [0.05, 0.1) is 4.90 Å². The van der Waals surface area contributed by atoms with Crippen LogP contribution in [-0.4, -0.2) is 26.5 Å². The first-order valence-corrected chi connectivity index (χ1v) is 7.32. The number of hydrogen-bond donors (Lipinski definition) is 1. The minimum absolute atomic E-state index is 0.0561. The minimum Gasteiger partial charge on any atom is -0.327 e. The van der Waals surface area contributed by atoms with Gasteiger partial charge in [-0.15, -0.1) is 0 Å². The molecule has 0 amide bonds. The zero-order chi connectivity index (χ0) is 13.1. The molecule has 0 heterocycles. The van der Waals surface area contributed by atoms with Crippen molar-refractivity contribution in [3.8, 4) is 0 Å². The molecule has 4 nitrogen and oxygen atoms in total. The topological polar surface area (TPSA) is 77.2 Å². The van der Waals surface area contributed by atoms with Gasteiger partial charge in [-0.3, -0.25) is 4.79 Å². The lowest BCUT2D eigenvalue weighted by Crippen LogP contribution is -2.22. The average Bonchev–Trinajstić information content (AvgIpc) is 2.27. The molecule has 1 aromatic rings. The molecule has 0 spiro atoms. The summed E-state index contributed by atoms with van der Waals surface area (Å²) < 4.78 is 22.5. The molecule has 1 atom stereocenters. The van der Waals surface area contributed by atoms with Crippen LogP contribution in [0.5, 0.6) is 0 Å². The van der Waals surface area contributed by atoms with E-state index in [1.54, 1.807) is 0 Å². The van der Waals surface area contributed by atoms with Crippen LogP contribution in [0.15, 0.2) is 29.2 Å². The van der Waals surface area contributed by atoms with Crippen LogP contribution in [0.1, 0.15) is 30.1 Å². The third-order valence-corrected chi connectivity index (χ3v) is 3.70. The van der Waals surface area contributed by atoms with Gasteiger partial charge in [-0.25, -0.2) is 8.42 Å². The quantitative estimate of drug-likeness (QED) is 0.807. The molecule has 0 saturated carbocycles. The van der Waals surface area contributed by atoms with Crippen molar-refractivity contribution in [1.29, 1.82) is 0 Å². The van der Waals surface area contributed by atoms with Gasteiger partial charge in [0, 0.05) is 24.3 Å². The Morgan fingerprint density at radius 3 is 2.24 bits per heavy atom. The molecule has 0 aliphatic rings. The van der Waals surface area contributed by atoms with E-state index in [9.17, 15) is 13.2 Å². The molecule has 0 aliphatic heterocycles. The van der Waals surface area contributed by atoms with Crippen molar-refractivity contribution in [3.05, 3.63) is 29.8 Å². The van der Waals surface area contributed by atoms with Gasteiger partial charge in [-0.05, 0) is 18.6 Å². The lowest BCUT2D eigenvalue weighted by atomic mass is 10.0. The monoisotopic (exact) mass is 255 g/mol.